The molecule has 1 aromatic carbocycles. The average Bonchev–Trinajstić information content (AvgIpc) is 2.41. The summed E-state index contributed by atoms with van der Waals surface area (Å²) in [5, 5.41) is 9.41. The predicted molar refractivity (Wildman–Crippen MR) is 74.3 cm³/mol. The number of aliphatic hydroxyl groups is 1. The summed E-state index contributed by atoms with van der Waals surface area (Å²) < 4.78 is 40.3. The van der Waals surface area contributed by atoms with E-state index < -0.39 is 15.8 Å². The van der Waals surface area contributed by atoms with Crippen molar-refractivity contribution in [3.05, 3.63) is 29.6 Å². The zero-order valence-corrected chi connectivity index (χ0v) is 12.3. The van der Waals surface area contributed by atoms with Gasteiger partial charge >= 0.3 is 0 Å². The van der Waals surface area contributed by atoms with Crippen LogP contribution in [-0.2, 0) is 10.0 Å². The van der Waals surface area contributed by atoms with E-state index in [1.54, 1.807) is 6.92 Å². The van der Waals surface area contributed by atoms with Gasteiger partial charge in [-0.15, -0.1) is 0 Å². The van der Waals surface area contributed by atoms with Crippen LogP contribution in [0.4, 0.5) is 4.39 Å². The fourth-order valence-electron chi connectivity index (χ4n) is 2.47. The third-order valence-corrected chi connectivity index (χ3v) is 5.19. The first-order valence-corrected chi connectivity index (χ1v) is 8.30. The fraction of sp³-hybridized carbons (Fsp3) is 0.571. The molecule has 1 saturated carbocycles. The van der Waals surface area contributed by atoms with Crippen LogP contribution in [0.2, 0.25) is 0 Å². The van der Waals surface area contributed by atoms with E-state index in [4.69, 9.17) is 0 Å². The molecule has 2 rings (SSSR count). The molecule has 4 nitrogen and oxygen atoms in total. The Kier molecular flexibility index (Phi) is 4.78. The van der Waals surface area contributed by atoms with Crippen LogP contribution in [0, 0.1) is 18.7 Å². The first-order valence-electron chi connectivity index (χ1n) is 6.82. The van der Waals surface area contributed by atoms with E-state index in [1.165, 1.54) is 18.2 Å². The number of aryl methyl sites for hydroxylation is 1. The van der Waals surface area contributed by atoms with Gasteiger partial charge in [0.15, 0.2) is 0 Å². The fourth-order valence-corrected chi connectivity index (χ4v) is 3.75. The van der Waals surface area contributed by atoms with Crippen molar-refractivity contribution in [1.29, 1.82) is 0 Å². The van der Waals surface area contributed by atoms with Gasteiger partial charge in [-0.25, -0.2) is 17.5 Å². The molecule has 1 fully saturated rings. The molecule has 0 aliphatic heterocycles. The summed E-state index contributed by atoms with van der Waals surface area (Å²) in [4.78, 5) is -0.298. The van der Waals surface area contributed by atoms with Crippen LogP contribution < -0.4 is 4.72 Å². The van der Waals surface area contributed by atoms with E-state index in [9.17, 15) is 17.9 Å². The molecule has 20 heavy (non-hydrogen) atoms. The molecule has 2 N–H and O–H groups in total. The van der Waals surface area contributed by atoms with E-state index in [-0.39, 0.29) is 16.9 Å². The maximum absolute atomic E-state index is 13.6. The second-order valence-corrected chi connectivity index (χ2v) is 7.20. The van der Waals surface area contributed by atoms with Crippen LogP contribution >= 0.6 is 0 Å². The van der Waals surface area contributed by atoms with Crippen molar-refractivity contribution in [3.8, 4) is 0 Å². The van der Waals surface area contributed by atoms with Gasteiger partial charge in [-0.3, -0.25) is 0 Å². The largest absolute Gasteiger partial charge is 0.393 e. The quantitative estimate of drug-likeness (QED) is 0.893. The summed E-state index contributed by atoms with van der Waals surface area (Å²) in [5.74, 6) is -0.525. The molecule has 0 amide bonds. The molecule has 112 valence electrons. The average molecular weight is 301 g/mol. The summed E-state index contributed by atoms with van der Waals surface area (Å²) in [6.45, 7) is 2.02. The number of nitrogens with one attached hydrogen (secondary N) is 1. The van der Waals surface area contributed by atoms with Gasteiger partial charge in [0.25, 0.3) is 0 Å². The molecule has 1 aliphatic rings. The zero-order chi connectivity index (χ0) is 14.8. The van der Waals surface area contributed by atoms with Crippen LogP contribution in [0.5, 0.6) is 0 Å². The molecular formula is C14H20FNO3S. The first-order chi connectivity index (χ1) is 9.38. The van der Waals surface area contributed by atoms with Gasteiger partial charge < -0.3 is 5.11 Å². The molecule has 0 radical (unpaired) electrons. The normalized spacial score (nSPS) is 23.8. The molecule has 0 saturated heterocycles. The number of hydrogen-bond donors (Lipinski definition) is 2. The van der Waals surface area contributed by atoms with Crippen molar-refractivity contribution in [1.82, 2.24) is 4.72 Å². The molecule has 0 bridgehead atoms. The minimum atomic E-state index is -3.81. The Bertz CT molecular complexity index is 566. The molecule has 6 heteroatoms. The van der Waals surface area contributed by atoms with Crippen LogP contribution in [0.3, 0.4) is 0 Å². The van der Waals surface area contributed by atoms with Gasteiger partial charge in [-0.1, -0.05) is 6.07 Å². The van der Waals surface area contributed by atoms with E-state index in [1.807, 2.05) is 0 Å². The lowest BCUT2D eigenvalue weighted by Crippen LogP contribution is -2.32. The zero-order valence-electron chi connectivity index (χ0n) is 11.5. The number of benzene rings is 1. The molecular weight excluding hydrogens is 281 g/mol. The molecule has 0 atom stereocenters. The van der Waals surface area contributed by atoms with E-state index >= 15 is 0 Å². The molecule has 1 aliphatic carbocycles. The summed E-state index contributed by atoms with van der Waals surface area (Å²) in [7, 11) is -3.81. The van der Waals surface area contributed by atoms with Crippen LogP contribution in [0.1, 0.15) is 31.2 Å². The van der Waals surface area contributed by atoms with Crippen molar-refractivity contribution in [2.24, 2.45) is 5.92 Å². The number of sulfonamides is 1. The highest BCUT2D eigenvalue weighted by molar-refractivity contribution is 7.89. The number of aliphatic hydroxyl groups excluding tert-OH is 1. The summed E-state index contributed by atoms with van der Waals surface area (Å²) in [5.41, 5.74) is 0.701. The van der Waals surface area contributed by atoms with Crippen molar-refractivity contribution >= 4 is 10.0 Å². The first kappa shape index (κ1) is 15.4. The second-order valence-electron chi connectivity index (χ2n) is 5.46. The highest BCUT2D eigenvalue weighted by Crippen LogP contribution is 2.24. The lowest BCUT2D eigenvalue weighted by molar-refractivity contribution is 0.109. The highest BCUT2D eigenvalue weighted by Gasteiger charge is 2.23. The van der Waals surface area contributed by atoms with Gasteiger partial charge in [0, 0.05) is 6.54 Å². The van der Waals surface area contributed by atoms with Gasteiger partial charge in [0.1, 0.15) is 10.7 Å². The minimum Gasteiger partial charge on any atom is -0.393 e. The summed E-state index contributed by atoms with van der Waals surface area (Å²) >= 11 is 0. The third kappa shape index (κ3) is 3.77. The molecule has 0 heterocycles. The number of rotatable bonds is 4. The summed E-state index contributed by atoms with van der Waals surface area (Å²) in [6.07, 6.45) is 2.72. The highest BCUT2D eigenvalue weighted by atomic mass is 32.2. The Morgan fingerprint density at radius 1 is 1.30 bits per heavy atom. The molecule has 0 spiro atoms. The monoisotopic (exact) mass is 301 g/mol. The van der Waals surface area contributed by atoms with Crippen molar-refractivity contribution < 1.29 is 17.9 Å². The van der Waals surface area contributed by atoms with Crippen LogP contribution in [-0.4, -0.2) is 26.2 Å². The minimum absolute atomic E-state index is 0.209. The van der Waals surface area contributed by atoms with E-state index in [0.29, 0.717) is 24.9 Å². The lowest BCUT2D eigenvalue weighted by Gasteiger charge is -2.25. The number of halogens is 1. The van der Waals surface area contributed by atoms with E-state index in [0.717, 1.165) is 12.8 Å². The van der Waals surface area contributed by atoms with Crippen LogP contribution in [0.25, 0.3) is 0 Å². The van der Waals surface area contributed by atoms with Gasteiger partial charge in [-0.2, -0.15) is 0 Å². The van der Waals surface area contributed by atoms with E-state index in [2.05, 4.69) is 4.72 Å². The summed E-state index contributed by atoms with van der Waals surface area (Å²) in [6, 6.07) is 4.04. The standard InChI is InChI=1S/C14H20FNO3S/c1-10-2-7-13(15)14(8-10)20(18,19)16-9-11-3-5-12(17)6-4-11/h2,7-8,11-12,16-17H,3-6,9H2,1H3. The Labute approximate surface area is 119 Å². The molecule has 0 unspecified atom stereocenters. The van der Waals surface area contributed by atoms with Gasteiger partial charge in [0.2, 0.25) is 10.0 Å². The van der Waals surface area contributed by atoms with Crippen molar-refractivity contribution in [3.63, 3.8) is 0 Å². The maximum atomic E-state index is 13.6. The van der Waals surface area contributed by atoms with Crippen molar-refractivity contribution in [2.75, 3.05) is 6.54 Å². The van der Waals surface area contributed by atoms with Gasteiger partial charge in [0.05, 0.1) is 6.10 Å². The molecule has 1 aromatic rings. The number of hydrogen-bond acceptors (Lipinski definition) is 3. The second kappa shape index (κ2) is 6.20. The predicted octanol–water partition coefficient (Wildman–Crippen LogP) is 1.96. The Balaban J connectivity index is 2.02. The topological polar surface area (TPSA) is 66.4 Å². The maximum Gasteiger partial charge on any atom is 0.243 e. The van der Waals surface area contributed by atoms with Crippen molar-refractivity contribution in [2.45, 2.75) is 43.6 Å². The Hall–Kier alpha value is -0.980. The molecule has 0 aromatic heterocycles. The Morgan fingerprint density at radius 3 is 2.60 bits per heavy atom. The van der Waals surface area contributed by atoms with Crippen LogP contribution in [0.15, 0.2) is 23.1 Å². The smallest absolute Gasteiger partial charge is 0.243 e. The third-order valence-electron chi connectivity index (χ3n) is 3.75. The lowest BCUT2D eigenvalue weighted by atomic mass is 9.88. The Morgan fingerprint density at radius 2 is 1.95 bits per heavy atom. The van der Waals surface area contributed by atoms with Gasteiger partial charge in [-0.05, 0) is 56.2 Å². The SMILES string of the molecule is Cc1ccc(F)c(S(=O)(=O)NCC2CCC(O)CC2)c1.